The molecule has 1 aromatic heterocycles. The van der Waals surface area contributed by atoms with Gasteiger partial charge >= 0.3 is 6.18 Å². The maximum atomic E-state index is 12.8. The second kappa shape index (κ2) is 6.75. The molecule has 1 aliphatic rings. The third kappa shape index (κ3) is 4.24. The van der Waals surface area contributed by atoms with E-state index in [0.29, 0.717) is 18.2 Å². The highest BCUT2D eigenvalue weighted by Gasteiger charge is 2.32. The lowest BCUT2D eigenvalue weighted by molar-refractivity contribution is -0.137. The van der Waals surface area contributed by atoms with Gasteiger partial charge in [-0.15, -0.1) is 0 Å². The van der Waals surface area contributed by atoms with Crippen LogP contribution in [0, 0.1) is 0 Å². The van der Waals surface area contributed by atoms with Crippen molar-refractivity contribution in [2.75, 3.05) is 28.8 Å². The summed E-state index contributed by atoms with van der Waals surface area (Å²) in [7, 11) is -1.34. The molecule has 0 spiro atoms. The predicted octanol–water partition coefficient (Wildman–Crippen LogP) is 2.86. The van der Waals surface area contributed by atoms with Gasteiger partial charge in [0, 0.05) is 25.0 Å². The number of alkyl halides is 3. The first-order valence-electron chi connectivity index (χ1n) is 7.85. The summed E-state index contributed by atoms with van der Waals surface area (Å²) in [5, 5.41) is 2.82. The molecular weight excluding hydrogens is 369 g/mol. The molecule has 1 fully saturated rings. The molecule has 140 valence electrons. The minimum atomic E-state index is -4.43. The fourth-order valence-electron chi connectivity index (χ4n) is 2.75. The Bertz CT molecular complexity index is 902. The Morgan fingerprint density at radius 1 is 1.27 bits per heavy atom. The Labute approximate surface area is 149 Å². The summed E-state index contributed by atoms with van der Waals surface area (Å²) in [6, 6.07) is 6.11. The Kier molecular flexibility index (Phi) is 4.78. The highest BCUT2D eigenvalue weighted by atomic mass is 32.2. The number of halogens is 3. The van der Waals surface area contributed by atoms with Gasteiger partial charge in [-0.2, -0.15) is 18.2 Å². The van der Waals surface area contributed by atoms with Crippen molar-refractivity contribution in [3.8, 4) is 0 Å². The van der Waals surface area contributed by atoms with Gasteiger partial charge in [0.05, 0.1) is 17.1 Å². The molecule has 2 heterocycles. The minimum Gasteiger partial charge on any atom is -0.340 e. The van der Waals surface area contributed by atoms with Crippen molar-refractivity contribution in [3.05, 3.63) is 42.1 Å². The third-order valence-corrected chi connectivity index (χ3v) is 5.93. The number of rotatable bonds is 4. The SMILES string of the molecule is CN(c1nccc(Nc2cccc(C(F)(F)F)c2)n1)C1CCS(=O)(=O)C1. The van der Waals surface area contributed by atoms with E-state index in [1.54, 1.807) is 11.9 Å². The summed E-state index contributed by atoms with van der Waals surface area (Å²) in [4.78, 5) is 10.1. The molecule has 1 aliphatic heterocycles. The monoisotopic (exact) mass is 386 g/mol. The lowest BCUT2D eigenvalue weighted by atomic mass is 10.2. The standard InChI is InChI=1S/C16H17F3N4O2S/c1-23(13-6-8-26(24,25)10-13)15-20-7-5-14(22-15)21-12-4-2-3-11(9-12)16(17,18)19/h2-5,7,9,13H,6,8,10H2,1H3,(H,20,21,22). The summed E-state index contributed by atoms with van der Waals surface area (Å²) in [6.45, 7) is 0. The Morgan fingerprint density at radius 2 is 2.04 bits per heavy atom. The highest BCUT2D eigenvalue weighted by molar-refractivity contribution is 7.91. The van der Waals surface area contributed by atoms with E-state index < -0.39 is 21.6 Å². The maximum Gasteiger partial charge on any atom is 0.416 e. The second-order valence-electron chi connectivity index (χ2n) is 6.11. The first-order valence-corrected chi connectivity index (χ1v) is 9.67. The summed E-state index contributed by atoms with van der Waals surface area (Å²) >= 11 is 0. The van der Waals surface area contributed by atoms with Crippen LogP contribution in [0.1, 0.15) is 12.0 Å². The van der Waals surface area contributed by atoms with Crippen LogP contribution in [0.15, 0.2) is 36.5 Å². The van der Waals surface area contributed by atoms with Gasteiger partial charge in [0.15, 0.2) is 9.84 Å². The fraction of sp³-hybridized carbons (Fsp3) is 0.375. The van der Waals surface area contributed by atoms with Crippen LogP contribution in [-0.4, -0.2) is 43.0 Å². The van der Waals surface area contributed by atoms with E-state index in [2.05, 4.69) is 15.3 Å². The van der Waals surface area contributed by atoms with Gasteiger partial charge in [-0.1, -0.05) is 6.07 Å². The van der Waals surface area contributed by atoms with Gasteiger partial charge in [-0.25, -0.2) is 13.4 Å². The number of aromatic nitrogens is 2. The molecule has 1 atom stereocenters. The van der Waals surface area contributed by atoms with E-state index in [4.69, 9.17) is 0 Å². The Morgan fingerprint density at radius 3 is 2.69 bits per heavy atom. The van der Waals surface area contributed by atoms with Crippen LogP contribution < -0.4 is 10.2 Å². The molecule has 0 aliphatic carbocycles. The molecule has 6 nitrogen and oxygen atoms in total. The maximum absolute atomic E-state index is 12.8. The highest BCUT2D eigenvalue weighted by Crippen LogP contribution is 2.31. The lowest BCUT2D eigenvalue weighted by Gasteiger charge is -2.23. The van der Waals surface area contributed by atoms with Gasteiger partial charge in [0.1, 0.15) is 5.82 Å². The summed E-state index contributed by atoms with van der Waals surface area (Å²) in [6.07, 6.45) is -2.46. The quantitative estimate of drug-likeness (QED) is 0.871. The van der Waals surface area contributed by atoms with E-state index in [-0.39, 0.29) is 23.2 Å². The van der Waals surface area contributed by atoms with Crippen molar-refractivity contribution < 1.29 is 21.6 Å². The van der Waals surface area contributed by atoms with Crippen LogP contribution in [-0.2, 0) is 16.0 Å². The van der Waals surface area contributed by atoms with Crippen molar-refractivity contribution in [1.82, 2.24) is 9.97 Å². The molecule has 10 heteroatoms. The number of benzene rings is 1. The number of nitrogens with one attached hydrogen (secondary N) is 1. The number of hydrogen-bond donors (Lipinski definition) is 1. The molecule has 1 unspecified atom stereocenters. The number of sulfone groups is 1. The molecule has 1 saturated heterocycles. The smallest absolute Gasteiger partial charge is 0.340 e. The zero-order valence-electron chi connectivity index (χ0n) is 13.9. The summed E-state index contributed by atoms with van der Waals surface area (Å²) in [5.41, 5.74) is -0.513. The van der Waals surface area contributed by atoms with Gasteiger partial charge in [0.25, 0.3) is 0 Å². The molecule has 3 rings (SSSR count). The van der Waals surface area contributed by atoms with E-state index in [1.165, 1.54) is 24.4 Å². The van der Waals surface area contributed by atoms with Gasteiger partial charge in [0.2, 0.25) is 5.95 Å². The molecule has 26 heavy (non-hydrogen) atoms. The largest absolute Gasteiger partial charge is 0.416 e. The molecule has 0 radical (unpaired) electrons. The van der Waals surface area contributed by atoms with Crippen LogP contribution in [0.4, 0.5) is 30.6 Å². The molecule has 2 aromatic rings. The summed E-state index contributed by atoms with van der Waals surface area (Å²) in [5.74, 6) is 0.800. The third-order valence-electron chi connectivity index (χ3n) is 4.18. The summed E-state index contributed by atoms with van der Waals surface area (Å²) < 4.78 is 61.7. The Balaban J connectivity index is 1.78. The van der Waals surface area contributed by atoms with Crippen molar-refractivity contribution in [2.45, 2.75) is 18.6 Å². The number of hydrogen-bond acceptors (Lipinski definition) is 6. The van der Waals surface area contributed by atoms with Crippen LogP contribution >= 0.6 is 0 Å². The first-order chi connectivity index (χ1) is 12.1. The normalized spacial score (nSPS) is 19.3. The van der Waals surface area contributed by atoms with Gasteiger partial charge < -0.3 is 10.2 Å². The topological polar surface area (TPSA) is 75.2 Å². The fourth-order valence-corrected chi connectivity index (χ4v) is 4.53. The molecule has 0 bridgehead atoms. The van der Waals surface area contributed by atoms with Crippen LogP contribution in [0.3, 0.4) is 0 Å². The zero-order valence-corrected chi connectivity index (χ0v) is 14.7. The molecule has 1 N–H and O–H groups in total. The van der Waals surface area contributed by atoms with Gasteiger partial charge in [-0.3, -0.25) is 0 Å². The molecule has 0 saturated carbocycles. The number of nitrogens with zero attached hydrogens (tertiary/aromatic N) is 3. The van der Waals surface area contributed by atoms with E-state index >= 15 is 0 Å². The molecule has 1 aromatic carbocycles. The van der Waals surface area contributed by atoms with E-state index in [1.807, 2.05) is 0 Å². The first kappa shape index (κ1) is 18.4. The zero-order chi connectivity index (χ0) is 18.9. The van der Waals surface area contributed by atoms with Crippen LogP contribution in [0.25, 0.3) is 0 Å². The minimum absolute atomic E-state index is 0.0398. The molecule has 0 amide bonds. The van der Waals surface area contributed by atoms with Crippen molar-refractivity contribution >= 4 is 27.3 Å². The molecular formula is C16H17F3N4O2S. The van der Waals surface area contributed by atoms with Crippen LogP contribution in [0.2, 0.25) is 0 Å². The van der Waals surface area contributed by atoms with Crippen LogP contribution in [0.5, 0.6) is 0 Å². The second-order valence-corrected chi connectivity index (χ2v) is 8.34. The average molecular weight is 386 g/mol. The lowest BCUT2D eigenvalue weighted by Crippen LogP contribution is -2.33. The van der Waals surface area contributed by atoms with E-state index in [0.717, 1.165) is 12.1 Å². The number of anilines is 3. The predicted molar refractivity (Wildman–Crippen MR) is 92.2 cm³/mol. The van der Waals surface area contributed by atoms with Crippen molar-refractivity contribution in [2.24, 2.45) is 0 Å². The van der Waals surface area contributed by atoms with Gasteiger partial charge in [-0.05, 0) is 30.7 Å². The Hall–Kier alpha value is -2.36. The van der Waals surface area contributed by atoms with Crippen molar-refractivity contribution in [1.29, 1.82) is 0 Å². The van der Waals surface area contributed by atoms with E-state index in [9.17, 15) is 21.6 Å². The average Bonchev–Trinajstić information content (AvgIpc) is 2.94. The van der Waals surface area contributed by atoms with Crippen molar-refractivity contribution in [3.63, 3.8) is 0 Å².